The van der Waals surface area contributed by atoms with E-state index in [2.05, 4.69) is 0 Å². The van der Waals surface area contributed by atoms with Gasteiger partial charge in [0.15, 0.2) is 0 Å². The van der Waals surface area contributed by atoms with Gasteiger partial charge in [0.1, 0.15) is 5.75 Å². The quantitative estimate of drug-likeness (QED) is 0.847. The highest BCUT2D eigenvalue weighted by Crippen LogP contribution is 2.34. The van der Waals surface area contributed by atoms with Crippen molar-refractivity contribution >= 4 is 11.0 Å². The molecule has 0 saturated carbocycles. The van der Waals surface area contributed by atoms with E-state index in [1.807, 2.05) is 0 Å². The molecule has 1 aromatic heterocycles. The summed E-state index contributed by atoms with van der Waals surface area (Å²) in [5.74, 6) is 0.562. The SMILES string of the molecule is Cn1c(=O)n(C)c2c(C3CCOCC3)cc(O)cc21. The van der Waals surface area contributed by atoms with Crippen molar-refractivity contribution in [3.05, 3.63) is 28.2 Å². The number of benzene rings is 1. The summed E-state index contributed by atoms with van der Waals surface area (Å²) < 4.78 is 8.63. The number of ether oxygens (including phenoxy) is 1. The van der Waals surface area contributed by atoms with E-state index in [1.165, 1.54) is 0 Å². The summed E-state index contributed by atoms with van der Waals surface area (Å²) in [7, 11) is 3.52. The van der Waals surface area contributed by atoms with Gasteiger partial charge < -0.3 is 9.84 Å². The lowest BCUT2D eigenvalue weighted by atomic mass is 9.90. The van der Waals surface area contributed by atoms with Crippen LogP contribution in [0, 0.1) is 0 Å². The van der Waals surface area contributed by atoms with Gasteiger partial charge in [-0.1, -0.05) is 0 Å². The Labute approximate surface area is 111 Å². The summed E-state index contributed by atoms with van der Waals surface area (Å²) in [6, 6.07) is 3.44. The third kappa shape index (κ3) is 1.85. The highest BCUT2D eigenvalue weighted by atomic mass is 16.5. The molecule has 1 N–H and O–H groups in total. The Bertz CT molecular complexity index is 678. The van der Waals surface area contributed by atoms with Gasteiger partial charge in [-0.15, -0.1) is 0 Å². The number of aryl methyl sites for hydroxylation is 2. The molecule has 3 rings (SSSR count). The number of aromatic hydroxyl groups is 1. The van der Waals surface area contributed by atoms with Crippen LogP contribution >= 0.6 is 0 Å². The average molecular weight is 262 g/mol. The van der Waals surface area contributed by atoms with Crippen molar-refractivity contribution in [2.75, 3.05) is 13.2 Å². The maximum absolute atomic E-state index is 12.1. The first-order valence-electron chi connectivity index (χ1n) is 6.55. The van der Waals surface area contributed by atoms with Crippen molar-refractivity contribution in [2.45, 2.75) is 18.8 Å². The fraction of sp³-hybridized carbons (Fsp3) is 0.500. The van der Waals surface area contributed by atoms with Crippen molar-refractivity contribution < 1.29 is 9.84 Å². The molecule has 0 radical (unpaired) electrons. The molecule has 0 bridgehead atoms. The summed E-state index contributed by atoms with van der Waals surface area (Å²) in [6.07, 6.45) is 1.86. The van der Waals surface area contributed by atoms with Gasteiger partial charge in [0, 0.05) is 33.4 Å². The van der Waals surface area contributed by atoms with Crippen molar-refractivity contribution in [1.29, 1.82) is 0 Å². The smallest absolute Gasteiger partial charge is 0.328 e. The molecule has 0 amide bonds. The maximum atomic E-state index is 12.1. The van der Waals surface area contributed by atoms with E-state index < -0.39 is 0 Å². The second kappa shape index (κ2) is 4.42. The second-order valence-corrected chi connectivity index (χ2v) is 5.19. The van der Waals surface area contributed by atoms with Crippen LogP contribution in [0.25, 0.3) is 11.0 Å². The molecule has 0 atom stereocenters. The molecular formula is C14H18N2O3. The highest BCUT2D eigenvalue weighted by molar-refractivity contribution is 5.82. The lowest BCUT2D eigenvalue weighted by Gasteiger charge is -2.23. The third-order valence-corrected chi connectivity index (χ3v) is 4.04. The molecule has 0 aliphatic carbocycles. The van der Waals surface area contributed by atoms with Crippen LogP contribution in [-0.4, -0.2) is 27.5 Å². The Morgan fingerprint density at radius 2 is 1.89 bits per heavy atom. The minimum atomic E-state index is -0.0612. The Balaban J connectivity index is 2.28. The molecule has 19 heavy (non-hydrogen) atoms. The number of fused-ring (bicyclic) bond motifs is 1. The van der Waals surface area contributed by atoms with Crippen LogP contribution in [0.1, 0.15) is 24.3 Å². The molecule has 5 nitrogen and oxygen atoms in total. The lowest BCUT2D eigenvalue weighted by Crippen LogP contribution is -2.20. The van der Waals surface area contributed by atoms with E-state index in [1.54, 1.807) is 35.4 Å². The standard InChI is InChI=1S/C14H18N2O3/c1-15-12-8-10(17)7-11(9-3-5-19-6-4-9)13(12)16(2)14(15)18/h7-9,17H,3-6H2,1-2H3. The van der Waals surface area contributed by atoms with Gasteiger partial charge in [0.25, 0.3) is 0 Å². The molecule has 1 aromatic carbocycles. The number of hydrogen-bond acceptors (Lipinski definition) is 3. The molecule has 1 fully saturated rings. The first-order chi connectivity index (χ1) is 9.09. The van der Waals surface area contributed by atoms with Crippen LogP contribution < -0.4 is 5.69 Å². The minimum Gasteiger partial charge on any atom is -0.508 e. The minimum absolute atomic E-state index is 0.0612. The largest absolute Gasteiger partial charge is 0.508 e. The molecule has 1 aliphatic rings. The van der Waals surface area contributed by atoms with Crippen molar-refractivity contribution in [2.24, 2.45) is 14.1 Å². The van der Waals surface area contributed by atoms with E-state index in [0.29, 0.717) is 5.92 Å². The summed E-state index contributed by atoms with van der Waals surface area (Å²) in [5, 5.41) is 9.91. The van der Waals surface area contributed by atoms with Crippen molar-refractivity contribution in [1.82, 2.24) is 9.13 Å². The van der Waals surface area contributed by atoms with Gasteiger partial charge in [0.05, 0.1) is 11.0 Å². The molecule has 2 aromatic rings. The van der Waals surface area contributed by atoms with E-state index in [0.717, 1.165) is 42.7 Å². The molecule has 5 heteroatoms. The van der Waals surface area contributed by atoms with Gasteiger partial charge in [0.2, 0.25) is 0 Å². The molecule has 102 valence electrons. The van der Waals surface area contributed by atoms with E-state index in [-0.39, 0.29) is 11.4 Å². The molecule has 0 spiro atoms. The molecule has 0 unspecified atom stereocenters. The summed E-state index contributed by atoms with van der Waals surface area (Å²) in [5.41, 5.74) is 2.71. The number of phenols is 1. The number of rotatable bonds is 1. The van der Waals surface area contributed by atoms with Crippen molar-refractivity contribution in [3.8, 4) is 5.75 Å². The number of imidazole rings is 1. The molecule has 2 heterocycles. The number of hydrogen-bond donors (Lipinski definition) is 1. The van der Waals surface area contributed by atoms with Crippen LogP contribution in [0.15, 0.2) is 16.9 Å². The fourth-order valence-electron chi connectivity index (χ4n) is 2.99. The van der Waals surface area contributed by atoms with Gasteiger partial charge >= 0.3 is 5.69 Å². The Morgan fingerprint density at radius 3 is 2.58 bits per heavy atom. The van der Waals surface area contributed by atoms with Crippen LogP contribution in [0.5, 0.6) is 5.75 Å². The fourth-order valence-corrected chi connectivity index (χ4v) is 2.99. The van der Waals surface area contributed by atoms with Crippen LogP contribution in [-0.2, 0) is 18.8 Å². The Hall–Kier alpha value is -1.75. The normalized spacial score (nSPS) is 17.2. The Kier molecular flexibility index (Phi) is 2.86. The average Bonchev–Trinajstić information content (AvgIpc) is 2.64. The summed E-state index contributed by atoms with van der Waals surface area (Å²) in [4.78, 5) is 12.1. The predicted molar refractivity (Wildman–Crippen MR) is 72.6 cm³/mol. The summed E-state index contributed by atoms with van der Waals surface area (Å²) in [6.45, 7) is 1.48. The van der Waals surface area contributed by atoms with Crippen LogP contribution in [0.2, 0.25) is 0 Å². The van der Waals surface area contributed by atoms with E-state index in [4.69, 9.17) is 4.74 Å². The maximum Gasteiger partial charge on any atom is 0.328 e. The molecule has 1 aliphatic heterocycles. The number of aromatic nitrogens is 2. The van der Waals surface area contributed by atoms with Crippen LogP contribution in [0.3, 0.4) is 0 Å². The number of phenolic OH excluding ortho intramolecular Hbond substituents is 1. The van der Waals surface area contributed by atoms with E-state index in [9.17, 15) is 9.90 Å². The topological polar surface area (TPSA) is 56.4 Å². The Morgan fingerprint density at radius 1 is 1.21 bits per heavy atom. The predicted octanol–water partition coefficient (Wildman–Crippen LogP) is 1.48. The molecule has 1 saturated heterocycles. The first-order valence-corrected chi connectivity index (χ1v) is 6.55. The second-order valence-electron chi connectivity index (χ2n) is 5.19. The zero-order chi connectivity index (χ0) is 13.6. The van der Waals surface area contributed by atoms with Crippen LogP contribution in [0.4, 0.5) is 0 Å². The first kappa shape index (κ1) is 12.3. The molecular weight excluding hydrogens is 244 g/mol. The van der Waals surface area contributed by atoms with Gasteiger partial charge in [-0.05, 0) is 30.4 Å². The monoisotopic (exact) mass is 262 g/mol. The highest BCUT2D eigenvalue weighted by Gasteiger charge is 2.22. The summed E-state index contributed by atoms with van der Waals surface area (Å²) >= 11 is 0. The zero-order valence-corrected chi connectivity index (χ0v) is 11.2. The third-order valence-electron chi connectivity index (χ3n) is 4.04. The number of nitrogens with zero attached hydrogens (tertiary/aromatic N) is 2. The zero-order valence-electron chi connectivity index (χ0n) is 11.2. The van der Waals surface area contributed by atoms with Gasteiger partial charge in [-0.25, -0.2) is 4.79 Å². The van der Waals surface area contributed by atoms with Gasteiger partial charge in [-0.3, -0.25) is 9.13 Å². The van der Waals surface area contributed by atoms with E-state index >= 15 is 0 Å². The lowest BCUT2D eigenvalue weighted by molar-refractivity contribution is 0.0855. The van der Waals surface area contributed by atoms with Gasteiger partial charge in [-0.2, -0.15) is 0 Å². The van der Waals surface area contributed by atoms with Crippen molar-refractivity contribution in [3.63, 3.8) is 0 Å².